The van der Waals surface area contributed by atoms with Gasteiger partial charge in [-0.1, -0.05) is 19.9 Å². The summed E-state index contributed by atoms with van der Waals surface area (Å²) < 4.78 is 42.2. The van der Waals surface area contributed by atoms with E-state index in [1.165, 1.54) is 47.0 Å². The molecular weight excluding hydrogens is 515 g/mol. The number of aliphatic hydroxyl groups excluding tert-OH is 2. The van der Waals surface area contributed by atoms with Gasteiger partial charge in [-0.15, -0.1) is 0 Å². The lowest BCUT2D eigenvalue weighted by Gasteiger charge is -2.18. The Labute approximate surface area is 224 Å². The molecule has 11 heteroatoms. The summed E-state index contributed by atoms with van der Waals surface area (Å²) in [7, 11) is 1.51. The van der Waals surface area contributed by atoms with Crippen LogP contribution in [0.1, 0.15) is 66.3 Å². The van der Waals surface area contributed by atoms with Gasteiger partial charge in [0.05, 0.1) is 24.3 Å². The molecule has 3 aromatic rings. The molecule has 0 spiro atoms. The molecule has 1 amide bonds. The molecular formula is C28H32F3N3O5. The van der Waals surface area contributed by atoms with Crippen molar-refractivity contribution in [2.75, 3.05) is 7.05 Å². The van der Waals surface area contributed by atoms with Gasteiger partial charge in [-0.3, -0.25) is 9.59 Å². The predicted octanol–water partition coefficient (Wildman–Crippen LogP) is 4.20. The van der Waals surface area contributed by atoms with Crippen molar-refractivity contribution in [3.05, 3.63) is 82.4 Å². The van der Waals surface area contributed by atoms with Crippen LogP contribution in [0.15, 0.2) is 42.5 Å². The van der Waals surface area contributed by atoms with Gasteiger partial charge in [0.2, 0.25) is 0 Å². The van der Waals surface area contributed by atoms with Crippen LogP contribution in [0.25, 0.3) is 5.69 Å². The average molecular weight is 548 g/mol. The van der Waals surface area contributed by atoms with Gasteiger partial charge in [0, 0.05) is 24.8 Å². The summed E-state index contributed by atoms with van der Waals surface area (Å²) >= 11 is 0. The number of carboxylic acid groups (broad SMARTS) is 1. The van der Waals surface area contributed by atoms with Gasteiger partial charge in [-0.2, -0.15) is 5.10 Å². The average Bonchev–Trinajstić information content (AvgIpc) is 3.24. The van der Waals surface area contributed by atoms with E-state index in [0.717, 1.165) is 12.1 Å². The molecule has 0 unspecified atom stereocenters. The zero-order valence-electron chi connectivity index (χ0n) is 21.9. The van der Waals surface area contributed by atoms with Crippen molar-refractivity contribution in [1.82, 2.24) is 14.7 Å². The maximum Gasteiger partial charge on any atom is 0.305 e. The molecule has 3 rings (SSSR count). The lowest BCUT2D eigenvalue weighted by Crippen LogP contribution is -2.28. The number of carbonyl (C=O) groups excluding carboxylic acids is 1. The van der Waals surface area contributed by atoms with Crippen LogP contribution in [0.2, 0.25) is 0 Å². The molecule has 2 atom stereocenters. The van der Waals surface area contributed by atoms with Crippen LogP contribution < -0.4 is 0 Å². The third kappa shape index (κ3) is 7.67. The third-order valence-corrected chi connectivity index (χ3v) is 6.29. The van der Waals surface area contributed by atoms with Crippen LogP contribution in [-0.4, -0.2) is 61.1 Å². The lowest BCUT2D eigenvalue weighted by atomic mass is 9.95. The second-order valence-corrected chi connectivity index (χ2v) is 9.84. The number of benzene rings is 2. The molecule has 0 aliphatic heterocycles. The Balaban J connectivity index is 1.96. The van der Waals surface area contributed by atoms with Gasteiger partial charge >= 0.3 is 5.97 Å². The molecule has 0 saturated carbocycles. The molecule has 210 valence electrons. The van der Waals surface area contributed by atoms with Crippen molar-refractivity contribution in [1.29, 1.82) is 0 Å². The van der Waals surface area contributed by atoms with E-state index in [9.17, 15) is 33.0 Å². The van der Waals surface area contributed by atoms with Crippen molar-refractivity contribution < 1.29 is 38.1 Å². The summed E-state index contributed by atoms with van der Waals surface area (Å²) in [5, 5.41) is 33.8. The van der Waals surface area contributed by atoms with Crippen LogP contribution in [-0.2, 0) is 17.8 Å². The maximum absolute atomic E-state index is 13.7. The predicted molar refractivity (Wildman–Crippen MR) is 137 cm³/mol. The van der Waals surface area contributed by atoms with E-state index in [-0.39, 0.29) is 37.4 Å². The summed E-state index contributed by atoms with van der Waals surface area (Å²) in [5.74, 6) is -4.31. The molecule has 1 aromatic heterocycles. The summed E-state index contributed by atoms with van der Waals surface area (Å²) in [4.78, 5) is 25.7. The van der Waals surface area contributed by atoms with Crippen molar-refractivity contribution in [3.8, 4) is 5.69 Å². The summed E-state index contributed by atoms with van der Waals surface area (Å²) in [6, 6.07) is 8.90. The van der Waals surface area contributed by atoms with E-state index in [2.05, 4.69) is 5.10 Å². The monoisotopic (exact) mass is 547 g/mol. The number of halogens is 3. The molecule has 0 aliphatic rings. The molecule has 0 aliphatic carbocycles. The molecule has 2 aromatic carbocycles. The highest BCUT2D eigenvalue weighted by Crippen LogP contribution is 2.29. The van der Waals surface area contributed by atoms with Gasteiger partial charge in [0.15, 0.2) is 17.3 Å². The number of hydrogen-bond donors (Lipinski definition) is 3. The largest absolute Gasteiger partial charge is 0.481 e. The Morgan fingerprint density at radius 2 is 1.67 bits per heavy atom. The number of nitrogens with zero attached hydrogens (tertiary/aromatic N) is 3. The Bertz CT molecular complexity index is 1310. The van der Waals surface area contributed by atoms with Gasteiger partial charge in [0.25, 0.3) is 5.91 Å². The van der Waals surface area contributed by atoms with Crippen molar-refractivity contribution in [2.24, 2.45) is 0 Å². The fourth-order valence-corrected chi connectivity index (χ4v) is 4.45. The standard InChI is InChI=1S/C28H32F3N3O5/c1-16(2)26-24(11-9-20(35)13-21(36)14-25(37)38)34(19-7-5-18(29)6-8-19)32-27(26)28(39)33(3)15-17-4-10-22(30)23(31)12-17/h4-8,10,12,16,20-21,35-36H,9,11,13-15H2,1-3H3,(H,37,38)/t20-,21-/m1/s1. The fraction of sp³-hybridized carbons (Fsp3) is 0.393. The molecule has 3 N–H and O–H groups in total. The number of aromatic nitrogens is 2. The number of aliphatic carboxylic acids is 1. The topological polar surface area (TPSA) is 116 Å². The van der Waals surface area contributed by atoms with E-state index >= 15 is 0 Å². The molecule has 8 nitrogen and oxygen atoms in total. The van der Waals surface area contributed by atoms with Gasteiger partial charge in [-0.05, 0) is 67.1 Å². The molecule has 0 bridgehead atoms. The van der Waals surface area contributed by atoms with Crippen molar-refractivity contribution >= 4 is 11.9 Å². The highest BCUT2D eigenvalue weighted by molar-refractivity contribution is 5.94. The van der Waals surface area contributed by atoms with E-state index in [0.29, 0.717) is 22.5 Å². The normalized spacial score (nSPS) is 12.9. The van der Waals surface area contributed by atoms with Gasteiger partial charge in [-0.25, -0.2) is 17.9 Å². The smallest absolute Gasteiger partial charge is 0.305 e. The van der Waals surface area contributed by atoms with Crippen LogP contribution in [0.5, 0.6) is 0 Å². The summed E-state index contributed by atoms with van der Waals surface area (Å²) in [6.07, 6.45) is -2.51. The minimum Gasteiger partial charge on any atom is -0.481 e. The first-order valence-corrected chi connectivity index (χ1v) is 12.5. The quantitative estimate of drug-likeness (QED) is 0.313. The van der Waals surface area contributed by atoms with E-state index < -0.39 is 48.0 Å². The zero-order valence-corrected chi connectivity index (χ0v) is 21.9. The molecule has 39 heavy (non-hydrogen) atoms. The Hall–Kier alpha value is -3.70. The van der Waals surface area contributed by atoms with E-state index in [1.807, 2.05) is 13.8 Å². The molecule has 0 radical (unpaired) electrons. The minimum absolute atomic E-state index is 0.00745. The van der Waals surface area contributed by atoms with Crippen molar-refractivity contribution in [2.45, 2.75) is 64.2 Å². The highest BCUT2D eigenvalue weighted by atomic mass is 19.2. The van der Waals surface area contributed by atoms with Crippen LogP contribution in [0.4, 0.5) is 13.2 Å². The summed E-state index contributed by atoms with van der Waals surface area (Å²) in [6.45, 7) is 3.73. The minimum atomic E-state index is -1.22. The number of amides is 1. The maximum atomic E-state index is 13.7. The number of carboxylic acids is 1. The Morgan fingerprint density at radius 1 is 1.00 bits per heavy atom. The van der Waals surface area contributed by atoms with Gasteiger partial charge in [0.1, 0.15) is 5.82 Å². The Kier molecular flexibility index (Phi) is 9.87. The van der Waals surface area contributed by atoms with E-state index in [4.69, 9.17) is 5.11 Å². The first-order valence-electron chi connectivity index (χ1n) is 12.5. The number of hydrogen-bond acceptors (Lipinski definition) is 5. The molecule has 1 heterocycles. The Morgan fingerprint density at radius 3 is 2.26 bits per heavy atom. The molecule has 0 fully saturated rings. The third-order valence-electron chi connectivity index (χ3n) is 6.29. The zero-order chi connectivity index (χ0) is 28.9. The van der Waals surface area contributed by atoms with Crippen LogP contribution >= 0.6 is 0 Å². The lowest BCUT2D eigenvalue weighted by molar-refractivity contribution is -0.139. The van der Waals surface area contributed by atoms with Gasteiger partial charge < -0.3 is 20.2 Å². The first-order chi connectivity index (χ1) is 18.4. The van der Waals surface area contributed by atoms with Crippen LogP contribution in [0, 0.1) is 17.5 Å². The second kappa shape index (κ2) is 12.9. The summed E-state index contributed by atoms with van der Waals surface area (Å²) in [5.41, 5.74) is 2.18. The van der Waals surface area contributed by atoms with E-state index in [1.54, 1.807) is 0 Å². The first kappa shape index (κ1) is 29.9. The SMILES string of the molecule is CC(C)c1c(C(=O)N(C)Cc2ccc(F)c(F)c2)nn(-c2ccc(F)cc2)c1CC[C@@H](O)C[C@@H](O)CC(=O)O. The second-order valence-electron chi connectivity index (χ2n) is 9.84. The van der Waals surface area contributed by atoms with Crippen molar-refractivity contribution in [3.63, 3.8) is 0 Å². The number of carbonyl (C=O) groups is 2. The van der Waals surface area contributed by atoms with Crippen LogP contribution in [0.3, 0.4) is 0 Å². The highest BCUT2D eigenvalue weighted by Gasteiger charge is 2.28. The number of aliphatic hydroxyl groups is 2. The molecule has 0 saturated heterocycles. The fourth-order valence-electron chi connectivity index (χ4n) is 4.45. The number of rotatable bonds is 12.